The Balaban J connectivity index is 0.000000166. The molecule has 0 unspecified atom stereocenters. The van der Waals surface area contributed by atoms with Crippen molar-refractivity contribution in [3.63, 3.8) is 0 Å². The van der Waals surface area contributed by atoms with Crippen molar-refractivity contribution in [1.29, 1.82) is 0 Å². The van der Waals surface area contributed by atoms with Crippen LogP contribution >= 0.6 is 0 Å². The average molecular weight is 1170 g/mol. The second kappa shape index (κ2) is 27.5. The zero-order valence-electron chi connectivity index (χ0n) is 45.0. The minimum Gasteiger partial charge on any atom is -0.491 e. The van der Waals surface area contributed by atoms with Crippen molar-refractivity contribution in [2.45, 2.75) is 19.3 Å². The number of carbonyl (C=O) groups is 6. The van der Waals surface area contributed by atoms with Crippen LogP contribution in [0.5, 0.6) is 17.2 Å². The molecular formula is C51H50N18O16. The van der Waals surface area contributed by atoms with Crippen LogP contribution < -0.4 is 41.2 Å². The van der Waals surface area contributed by atoms with E-state index in [2.05, 4.69) is 66.5 Å². The highest BCUT2D eigenvalue weighted by atomic mass is 16.6. The second-order valence-corrected chi connectivity index (χ2v) is 17.6. The fourth-order valence-electron chi connectivity index (χ4n) is 7.52. The molecule has 0 atom stereocenters. The number of aromatic carboxylic acids is 2. The number of nitrogens with two attached hydrogens (primary N) is 1. The molecule has 0 fully saturated rings. The minimum absolute atomic E-state index is 0.0674. The fourth-order valence-corrected chi connectivity index (χ4v) is 7.52. The molecule has 0 radical (unpaired) electrons. The number of hydrogen-bond acceptors (Lipinski definition) is 24. The molecular weight excluding hydrogens is 1120 g/mol. The van der Waals surface area contributed by atoms with Crippen molar-refractivity contribution in [2.75, 3.05) is 50.5 Å². The SMILES string of the molecule is Cn1cc(N)c(C(=O)NCCCOc2cnccc2-c2nc(C(=O)O)co2)n1.Cn1cc([N+](=O)[O-])c(C(=O)NCCCOc2cnccc2-c2nc(C(=O)O)co2)n1.Cn1cc2c(n1)C(=O)NCCCOc1cnccc1-c1nc(co1)C(=O)N2. The fraction of sp³-hybridized carbons (Fsp3) is 0.235. The zero-order valence-corrected chi connectivity index (χ0v) is 45.0. The lowest BCUT2D eigenvalue weighted by molar-refractivity contribution is -0.385. The number of fused-ring (bicyclic) bond motifs is 5. The van der Waals surface area contributed by atoms with Gasteiger partial charge < -0.3 is 64.7 Å². The molecule has 8 N–H and O–H groups in total. The summed E-state index contributed by atoms with van der Waals surface area (Å²) >= 11 is 0. The molecule has 34 nitrogen and oxygen atoms in total. The molecule has 440 valence electrons. The van der Waals surface area contributed by atoms with Gasteiger partial charge in [-0.2, -0.15) is 15.3 Å². The molecule has 9 aromatic rings. The van der Waals surface area contributed by atoms with Crippen molar-refractivity contribution in [1.82, 2.24) is 75.2 Å². The van der Waals surface area contributed by atoms with Crippen LogP contribution in [0.25, 0.3) is 34.4 Å². The van der Waals surface area contributed by atoms with Crippen molar-refractivity contribution in [3.8, 4) is 51.6 Å². The Hall–Kier alpha value is -11.9. The van der Waals surface area contributed by atoms with Crippen LogP contribution in [0.4, 0.5) is 17.1 Å². The highest BCUT2D eigenvalue weighted by Gasteiger charge is 2.26. The third kappa shape index (κ3) is 15.3. The number of carbonyl (C=O) groups excluding carboxylic acids is 4. The van der Waals surface area contributed by atoms with Crippen LogP contribution in [0.2, 0.25) is 0 Å². The Kier molecular flexibility index (Phi) is 19.2. The number of nitrogen functional groups attached to an aromatic ring is 1. The summed E-state index contributed by atoms with van der Waals surface area (Å²) < 4.78 is 37.0. The van der Waals surface area contributed by atoms with Gasteiger partial charge in [0.2, 0.25) is 23.4 Å². The number of aromatic nitrogens is 12. The third-order valence-electron chi connectivity index (χ3n) is 11.4. The Morgan fingerprint density at radius 3 is 1.80 bits per heavy atom. The largest absolute Gasteiger partial charge is 0.491 e. The Morgan fingerprint density at radius 1 is 0.706 bits per heavy atom. The molecule has 9 aromatic heterocycles. The molecule has 0 aliphatic carbocycles. The van der Waals surface area contributed by atoms with E-state index in [-0.39, 0.29) is 89.1 Å². The first kappa shape index (κ1) is 59.3. The predicted octanol–water partition coefficient (Wildman–Crippen LogP) is 3.46. The number of amides is 4. The van der Waals surface area contributed by atoms with Gasteiger partial charge in [0.25, 0.3) is 23.6 Å². The van der Waals surface area contributed by atoms with Gasteiger partial charge in [0, 0.05) is 71.8 Å². The monoisotopic (exact) mass is 1170 g/mol. The van der Waals surface area contributed by atoms with Crippen LogP contribution in [0, 0.1) is 10.1 Å². The maximum absolute atomic E-state index is 12.5. The average Bonchev–Trinajstić information content (AvgIpc) is 4.55. The standard InChI is InChI=1S/C17H16N6O7.C17H18N6O5.C17H16N6O4/c1-22-8-12(23(27)28)14(21-22)15(24)19-4-2-6-29-13-7-18-5-3-10(13)16-20-11(9-30-16)17(25)26;1-23-8-11(18)14(22-23)15(24)20-4-2-6-27-13-7-19-5-3-10(13)16-21-12(9-28-16)17(25)26;1-23-8-11-14(22-23)16(25)19-4-2-6-26-13-7-18-5-3-10(13)17-21-12(9-27-17)15(24)20-11/h3,5,7-9H,2,4,6H2,1H3,(H,19,24)(H,25,26);3,5,7-9H,2,4,6,18H2,1H3,(H,20,24)(H,25,26);3,5,7-9H,2,4,6H2,1H3,(H,19,25)(H,20,24). The van der Waals surface area contributed by atoms with E-state index < -0.39 is 28.7 Å². The van der Waals surface area contributed by atoms with Crippen molar-refractivity contribution < 1.29 is 71.4 Å². The maximum Gasteiger partial charge on any atom is 0.357 e. The van der Waals surface area contributed by atoms with Crippen LogP contribution in [0.1, 0.15) is 82.2 Å². The summed E-state index contributed by atoms with van der Waals surface area (Å²) in [6, 6.07) is 4.87. The van der Waals surface area contributed by atoms with Gasteiger partial charge >= 0.3 is 17.6 Å². The van der Waals surface area contributed by atoms with Gasteiger partial charge in [-0.15, -0.1) is 0 Å². The number of anilines is 2. The molecule has 0 aromatic carbocycles. The van der Waals surface area contributed by atoms with Gasteiger partial charge in [0.1, 0.15) is 42.2 Å². The highest BCUT2D eigenvalue weighted by molar-refractivity contribution is 6.07. The lowest BCUT2D eigenvalue weighted by Gasteiger charge is -2.09. The van der Waals surface area contributed by atoms with Crippen LogP contribution in [0.3, 0.4) is 0 Å². The highest BCUT2D eigenvalue weighted by Crippen LogP contribution is 2.31. The Labute approximate surface area is 477 Å². The first-order chi connectivity index (χ1) is 40.9. The molecule has 10 heterocycles. The smallest absolute Gasteiger partial charge is 0.357 e. The maximum atomic E-state index is 12.5. The lowest BCUT2D eigenvalue weighted by atomic mass is 10.2. The number of ether oxygens (including phenoxy) is 3. The summed E-state index contributed by atoms with van der Waals surface area (Å²) in [4.78, 5) is 105. The van der Waals surface area contributed by atoms with E-state index in [1.54, 1.807) is 57.1 Å². The number of aryl methyl sites for hydroxylation is 3. The predicted molar refractivity (Wildman–Crippen MR) is 289 cm³/mol. The normalized spacial score (nSPS) is 11.9. The number of oxazole rings is 3. The van der Waals surface area contributed by atoms with Crippen LogP contribution in [-0.2, 0) is 21.1 Å². The molecule has 1 aliphatic rings. The van der Waals surface area contributed by atoms with Crippen molar-refractivity contribution >= 4 is 52.6 Å². The number of pyridine rings is 3. The quantitative estimate of drug-likeness (QED) is 0.0390. The molecule has 10 rings (SSSR count). The van der Waals surface area contributed by atoms with E-state index in [1.807, 2.05) is 0 Å². The molecule has 4 amide bonds. The second-order valence-electron chi connectivity index (χ2n) is 17.6. The number of hydrogen-bond donors (Lipinski definition) is 7. The summed E-state index contributed by atoms with van der Waals surface area (Å²) in [6.07, 6.45) is 18.1. The van der Waals surface area contributed by atoms with E-state index in [0.717, 1.165) is 18.7 Å². The van der Waals surface area contributed by atoms with E-state index in [0.29, 0.717) is 84.3 Å². The van der Waals surface area contributed by atoms with Gasteiger partial charge in [-0.1, -0.05) is 0 Å². The topological polar surface area (TPSA) is 458 Å². The first-order valence-corrected chi connectivity index (χ1v) is 25.1. The zero-order chi connectivity index (χ0) is 60.6. The summed E-state index contributed by atoms with van der Waals surface area (Å²) in [6.45, 7) is 1.75. The van der Waals surface area contributed by atoms with Gasteiger partial charge in [-0.05, 0) is 37.5 Å². The van der Waals surface area contributed by atoms with Gasteiger partial charge in [0.05, 0.1) is 71.4 Å². The molecule has 1 aliphatic heterocycles. The van der Waals surface area contributed by atoms with E-state index in [4.69, 9.17) is 43.4 Å². The van der Waals surface area contributed by atoms with Gasteiger partial charge in [0.15, 0.2) is 28.5 Å². The minimum atomic E-state index is -1.22. The number of nitro groups is 1. The lowest BCUT2D eigenvalue weighted by Crippen LogP contribution is -2.27. The van der Waals surface area contributed by atoms with Crippen LogP contribution in [0.15, 0.2) is 106 Å². The van der Waals surface area contributed by atoms with E-state index in [1.165, 1.54) is 52.1 Å². The van der Waals surface area contributed by atoms with E-state index in [9.17, 15) is 38.9 Å². The summed E-state index contributed by atoms with van der Waals surface area (Å²) in [5, 5.41) is 51.4. The Morgan fingerprint density at radius 2 is 1.24 bits per heavy atom. The summed E-state index contributed by atoms with van der Waals surface area (Å²) in [5.41, 5.74) is 7.09. The molecule has 0 saturated carbocycles. The molecule has 0 saturated heterocycles. The first-order valence-electron chi connectivity index (χ1n) is 25.1. The van der Waals surface area contributed by atoms with Gasteiger partial charge in [-0.3, -0.25) is 58.3 Å². The summed E-state index contributed by atoms with van der Waals surface area (Å²) in [5.74, 6) is -2.69. The molecule has 0 spiro atoms. The van der Waals surface area contributed by atoms with Crippen LogP contribution in [-0.4, -0.2) is 149 Å². The molecule has 34 heteroatoms. The number of carboxylic acids is 2. The Bertz CT molecular complexity index is 3880. The number of nitrogens with one attached hydrogen (secondary N) is 4. The van der Waals surface area contributed by atoms with Crippen molar-refractivity contribution in [2.24, 2.45) is 21.1 Å². The number of nitrogens with zero attached hydrogens (tertiary/aromatic N) is 13. The summed E-state index contributed by atoms with van der Waals surface area (Å²) in [7, 11) is 4.83. The van der Waals surface area contributed by atoms with Gasteiger partial charge in [-0.25, -0.2) is 24.5 Å². The van der Waals surface area contributed by atoms with Crippen molar-refractivity contribution in [3.05, 3.63) is 137 Å². The molecule has 85 heavy (non-hydrogen) atoms. The number of rotatable bonds is 17. The third-order valence-corrected chi connectivity index (χ3v) is 11.4. The molecule has 2 bridgehead atoms. The number of carboxylic acid groups (broad SMARTS) is 2. The van der Waals surface area contributed by atoms with E-state index >= 15 is 0 Å².